The van der Waals surface area contributed by atoms with Crippen LogP contribution in [0.1, 0.15) is 154 Å². The lowest BCUT2D eigenvalue weighted by molar-refractivity contribution is -0.422. The first-order valence-corrected chi connectivity index (χ1v) is 19.3. The van der Waals surface area contributed by atoms with Gasteiger partial charge in [-0.15, -0.1) is 0 Å². The molecule has 4 saturated carbocycles. The Bertz CT molecular complexity index is 1160. The lowest BCUT2D eigenvalue weighted by Gasteiger charge is -2.63. The summed E-state index contributed by atoms with van der Waals surface area (Å²) in [7, 11) is 0. The van der Waals surface area contributed by atoms with Crippen molar-refractivity contribution in [1.82, 2.24) is 0 Å². The minimum absolute atomic E-state index is 0.0176. The van der Waals surface area contributed by atoms with E-state index < -0.39 is 69.5 Å². The fraction of sp³-hybridized carbons (Fsp3) is 1.00. The van der Waals surface area contributed by atoms with Crippen LogP contribution in [0.2, 0.25) is 0 Å². The lowest BCUT2D eigenvalue weighted by Crippen LogP contribution is -2.72. The zero-order valence-corrected chi connectivity index (χ0v) is 33.6. The van der Waals surface area contributed by atoms with Crippen molar-refractivity contribution in [3.63, 3.8) is 0 Å². The molecule has 0 amide bonds. The summed E-state index contributed by atoms with van der Waals surface area (Å²) < 4.78 is 143. The van der Waals surface area contributed by atoms with Gasteiger partial charge >= 0.3 is 18.5 Å². The van der Waals surface area contributed by atoms with Crippen molar-refractivity contribution in [2.45, 2.75) is 190 Å². The number of ether oxygens (including phenoxy) is 2. The van der Waals surface area contributed by atoms with Gasteiger partial charge in [-0.2, -0.15) is 39.5 Å². The van der Waals surface area contributed by atoms with Crippen LogP contribution in [0.5, 0.6) is 0 Å². The third kappa shape index (κ3) is 8.48. The second kappa shape index (κ2) is 14.6. The first kappa shape index (κ1) is 45.6. The van der Waals surface area contributed by atoms with Gasteiger partial charge < -0.3 is 14.6 Å². The molecule has 0 aromatic rings. The van der Waals surface area contributed by atoms with Crippen LogP contribution in [-0.2, 0) is 9.47 Å². The summed E-state index contributed by atoms with van der Waals surface area (Å²) in [5.41, 5.74) is -11.8. The molecule has 4 rings (SSSR count). The summed E-state index contributed by atoms with van der Waals surface area (Å²) >= 11 is 0. The summed E-state index contributed by atoms with van der Waals surface area (Å²) in [5.74, 6) is -1.92. The Morgan fingerprint density at radius 1 is 0.692 bits per heavy atom. The van der Waals surface area contributed by atoms with E-state index in [1.807, 2.05) is 34.6 Å². The molecule has 0 aromatic heterocycles. The molecular formula is C40H67F9O3. The maximum Gasteiger partial charge on any atom is 0.426 e. The van der Waals surface area contributed by atoms with E-state index in [1.165, 1.54) is 6.92 Å². The molecule has 4 aliphatic rings. The average Bonchev–Trinajstić information content (AvgIpc) is 2.96. The molecule has 4 aliphatic carbocycles. The average molecular weight is 767 g/mol. The van der Waals surface area contributed by atoms with Crippen LogP contribution in [0.3, 0.4) is 0 Å². The molecule has 0 aliphatic heterocycles. The van der Waals surface area contributed by atoms with Gasteiger partial charge in [0.2, 0.25) is 0 Å². The first-order valence-electron chi connectivity index (χ1n) is 19.3. The van der Waals surface area contributed by atoms with E-state index in [0.29, 0.717) is 12.8 Å². The highest BCUT2D eigenvalue weighted by Gasteiger charge is 2.81. The molecule has 0 saturated heterocycles. The minimum Gasteiger partial charge on any atom is -0.373 e. The number of hydrogen-bond acceptors (Lipinski definition) is 3. The van der Waals surface area contributed by atoms with Gasteiger partial charge in [0.1, 0.15) is 0 Å². The topological polar surface area (TPSA) is 38.7 Å². The van der Waals surface area contributed by atoms with Crippen LogP contribution < -0.4 is 0 Å². The number of alkyl halides is 9. The zero-order chi connectivity index (χ0) is 40.4. The molecule has 0 spiro atoms. The number of hydrogen-bond donors (Lipinski definition) is 1. The van der Waals surface area contributed by atoms with Crippen molar-refractivity contribution in [2.75, 3.05) is 6.61 Å². The van der Waals surface area contributed by atoms with E-state index in [2.05, 4.69) is 34.6 Å². The zero-order valence-electron chi connectivity index (χ0n) is 33.6. The highest BCUT2D eigenvalue weighted by atomic mass is 19.4. The Balaban J connectivity index is 2.08. The molecule has 4 atom stereocenters. The molecule has 0 aromatic carbocycles. The quantitative estimate of drug-likeness (QED) is 0.159. The van der Waals surface area contributed by atoms with Crippen LogP contribution >= 0.6 is 0 Å². The summed E-state index contributed by atoms with van der Waals surface area (Å²) in [6.07, 6.45) is -16.6. The summed E-state index contributed by atoms with van der Waals surface area (Å²) in [4.78, 5) is 0. The molecule has 12 heteroatoms. The van der Waals surface area contributed by atoms with Crippen molar-refractivity contribution in [2.24, 2.45) is 56.7 Å². The number of fused-ring (bicyclic) bond motifs is 3. The Hall–Kier alpha value is -0.750. The van der Waals surface area contributed by atoms with Gasteiger partial charge in [-0.1, -0.05) is 69.2 Å². The predicted molar refractivity (Wildman–Crippen MR) is 185 cm³/mol. The normalized spacial score (nSPS) is 30.7. The molecule has 308 valence electrons. The van der Waals surface area contributed by atoms with Crippen LogP contribution in [0.4, 0.5) is 39.5 Å². The number of halogens is 9. The number of aliphatic hydroxyl groups is 1. The van der Waals surface area contributed by atoms with E-state index >= 15 is 0 Å². The van der Waals surface area contributed by atoms with Crippen molar-refractivity contribution in [1.29, 1.82) is 0 Å². The van der Waals surface area contributed by atoms with Crippen LogP contribution in [-0.4, -0.2) is 47.7 Å². The molecule has 4 fully saturated rings. The van der Waals surface area contributed by atoms with Gasteiger partial charge in [-0.25, -0.2) is 0 Å². The monoisotopic (exact) mass is 766 g/mol. The Morgan fingerprint density at radius 3 is 1.56 bits per heavy atom. The molecule has 4 unspecified atom stereocenters. The minimum atomic E-state index is -5.92. The smallest absolute Gasteiger partial charge is 0.373 e. The molecule has 2 bridgehead atoms. The van der Waals surface area contributed by atoms with Gasteiger partial charge in [0.15, 0.2) is 11.9 Å². The van der Waals surface area contributed by atoms with Crippen LogP contribution in [0.25, 0.3) is 0 Å². The van der Waals surface area contributed by atoms with E-state index in [9.17, 15) is 44.6 Å². The Kier molecular flexibility index (Phi) is 12.8. The predicted octanol–water partition coefficient (Wildman–Crippen LogP) is 13.1. The van der Waals surface area contributed by atoms with E-state index in [-0.39, 0.29) is 87.6 Å². The van der Waals surface area contributed by atoms with E-state index in [4.69, 9.17) is 9.47 Å². The van der Waals surface area contributed by atoms with Crippen LogP contribution in [0.15, 0.2) is 0 Å². The molecule has 3 nitrogen and oxygen atoms in total. The van der Waals surface area contributed by atoms with Gasteiger partial charge in [0, 0.05) is 12.0 Å². The molecule has 1 N–H and O–H groups in total. The third-order valence-electron chi connectivity index (χ3n) is 14.4. The first-order chi connectivity index (χ1) is 23.1. The lowest BCUT2D eigenvalue weighted by atomic mass is 9.42. The molecule has 52 heavy (non-hydrogen) atoms. The van der Waals surface area contributed by atoms with Crippen LogP contribution in [0, 0.1) is 56.7 Å². The summed E-state index contributed by atoms with van der Waals surface area (Å²) in [6, 6.07) is 0. The summed E-state index contributed by atoms with van der Waals surface area (Å²) in [5, 5.41) is 11.1. The SMILES string of the molecule is CCOC(C)OC1(C(F)(F)F)CCC(C(CC(C)(C)C)C(C)(C)C(C)(C)CC(C2CC3CCC2(C(O)(C(F)(F)F)C(F)(F)F)CC3)C(C)(C)C)CC1. The summed E-state index contributed by atoms with van der Waals surface area (Å²) in [6.45, 7) is 23.4. The number of rotatable bonds is 12. The van der Waals surface area contributed by atoms with E-state index in [1.54, 1.807) is 6.92 Å². The standard InChI is InChI=1S/C40H67F9O3/c1-13-51-25(2)52-36(38(41,42)43)20-16-27(17-21-36)29(23-31(3,4)5)34(11,12)33(9,10)24-30(32(6,7)8)28-22-26-14-18-35(28,19-15-26)37(50,39(44,45)46)40(47,48)49/h25-30,50H,13-24H2,1-12H3. The van der Waals surface area contributed by atoms with Crippen molar-refractivity contribution in [3.8, 4) is 0 Å². The second-order valence-corrected chi connectivity index (χ2v) is 20.3. The van der Waals surface area contributed by atoms with Crippen molar-refractivity contribution < 1.29 is 54.1 Å². The van der Waals surface area contributed by atoms with Gasteiger partial charge in [0.25, 0.3) is 5.60 Å². The fourth-order valence-corrected chi connectivity index (χ4v) is 10.9. The highest BCUT2D eigenvalue weighted by Crippen LogP contribution is 2.70. The van der Waals surface area contributed by atoms with Gasteiger partial charge in [-0.3, -0.25) is 0 Å². The Morgan fingerprint density at radius 2 is 1.17 bits per heavy atom. The molecular weight excluding hydrogens is 699 g/mol. The fourth-order valence-electron chi connectivity index (χ4n) is 10.9. The Labute approximate surface area is 306 Å². The van der Waals surface area contributed by atoms with Crippen molar-refractivity contribution in [3.05, 3.63) is 0 Å². The highest BCUT2D eigenvalue weighted by molar-refractivity contribution is 5.17. The largest absolute Gasteiger partial charge is 0.426 e. The van der Waals surface area contributed by atoms with Crippen molar-refractivity contribution >= 4 is 0 Å². The third-order valence-corrected chi connectivity index (χ3v) is 14.4. The van der Waals surface area contributed by atoms with Gasteiger partial charge in [-0.05, 0) is 136 Å². The van der Waals surface area contributed by atoms with E-state index in [0.717, 1.165) is 0 Å². The maximum absolute atomic E-state index is 14.7. The molecule has 0 radical (unpaired) electrons. The second-order valence-electron chi connectivity index (χ2n) is 20.3. The maximum atomic E-state index is 14.7. The molecule has 0 heterocycles. The van der Waals surface area contributed by atoms with Gasteiger partial charge in [0.05, 0.1) is 0 Å².